The zero-order valence-corrected chi connectivity index (χ0v) is 16.6. The Morgan fingerprint density at radius 3 is 2.69 bits per heavy atom. The molecule has 0 saturated heterocycles. The standard InChI is InChI=1S/C23H27ClO2/c1-11(25)23-10-12(23)6-16-13-8-19(24)18-9-20(26)14-7-17(14)22(18,3)15(13)4-5-21(16,23)2/h8-9,12-17H,4-7,10H2,1-3H3/t12-,13+,14+,15-,16-,17-,21-,22-,23-/m0/s1. The second-order valence-corrected chi connectivity index (χ2v) is 11.0. The molecule has 9 atom stereocenters. The lowest BCUT2D eigenvalue weighted by Crippen LogP contribution is -2.52. The van der Waals surface area contributed by atoms with E-state index in [4.69, 9.17) is 11.6 Å². The van der Waals surface area contributed by atoms with Crippen LogP contribution in [-0.2, 0) is 9.59 Å². The Bertz CT molecular complexity index is 839. The maximum Gasteiger partial charge on any atom is 0.159 e. The van der Waals surface area contributed by atoms with Crippen molar-refractivity contribution in [2.75, 3.05) is 0 Å². The molecule has 26 heavy (non-hydrogen) atoms. The number of ketones is 2. The van der Waals surface area contributed by atoms with Gasteiger partial charge in [0.15, 0.2) is 5.78 Å². The monoisotopic (exact) mass is 370 g/mol. The molecule has 0 aromatic heterocycles. The van der Waals surface area contributed by atoms with E-state index < -0.39 is 0 Å². The molecule has 0 aliphatic heterocycles. The summed E-state index contributed by atoms with van der Waals surface area (Å²) in [6.07, 6.45) is 9.85. The summed E-state index contributed by atoms with van der Waals surface area (Å²) in [7, 11) is 0. The second kappa shape index (κ2) is 4.40. The van der Waals surface area contributed by atoms with Gasteiger partial charge in [0.25, 0.3) is 0 Å². The van der Waals surface area contributed by atoms with Gasteiger partial charge in [-0.25, -0.2) is 0 Å². The van der Waals surface area contributed by atoms with Gasteiger partial charge in [0, 0.05) is 21.8 Å². The zero-order chi connectivity index (χ0) is 18.2. The van der Waals surface area contributed by atoms with Crippen LogP contribution >= 0.6 is 11.6 Å². The molecule has 0 amide bonds. The SMILES string of the molecule is CC(=O)[C@@]12C[C@@H]1C[C@H]1[C@@H]3C=C(Cl)C4=CC(=O)[C@@H]5C[C@@H]5[C@]4(C)[C@H]3CC[C@@]12C. The molecule has 2 nitrogen and oxygen atoms in total. The summed E-state index contributed by atoms with van der Waals surface area (Å²) in [6, 6.07) is 0. The van der Waals surface area contributed by atoms with Crippen LogP contribution in [-0.4, -0.2) is 11.6 Å². The third kappa shape index (κ3) is 1.49. The molecular weight excluding hydrogens is 344 g/mol. The van der Waals surface area contributed by atoms with Crippen molar-refractivity contribution in [2.24, 2.45) is 51.8 Å². The molecule has 3 heteroatoms. The Labute approximate surface area is 160 Å². The topological polar surface area (TPSA) is 34.1 Å². The molecule has 138 valence electrons. The number of halogens is 1. The van der Waals surface area contributed by atoms with Crippen LogP contribution in [0.4, 0.5) is 0 Å². The van der Waals surface area contributed by atoms with Gasteiger partial charge in [0.1, 0.15) is 5.78 Å². The van der Waals surface area contributed by atoms with Gasteiger partial charge in [-0.3, -0.25) is 9.59 Å². The maximum atomic E-state index is 12.6. The minimum absolute atomic E-state index is 0.0371. The largest absolute Gasteiger partial charge is 0.299 e. The molecule has 0 aromatic carbocycles. The quantitative estimate of drug-likeness (QED) is 0.656. The first kappa shape index (κ1) is 16.1. The average molecular weight is 371 g/mol. The Morgan fingerprint density at radius 1 is 1.19 bits per heavy atom. The van der Waals surface area contributed by atoms with E-state index in [0.29, 0.717) is 41.2 Å². The molecule has 4 fully saturated rings. The van der Waals surface area contributed by atoms with Gasteiger partial charge in [-0.05, 0) is 85.7 Å². The lowest BCUT2D eigenvalue weighted by molar-refractivity contribution is -0.131. The fourth-order valence-corrected chi connectivity index (χ4v) is 9.14. The Morgan fingerprint density at radius 2 is 1.96 bits per heavy atom. The number of Topliss-reactive ketones (excluding diaryl/α,β-unsaturated/α-hetero) is 1. The lowest BCUT2D eigenvalue weighted by Gasteiger charge is -2.57. The van der Waals surface area contributed by atoms with Crippen LogP contribution in [0.5, 0.6) is 0 Å². The van der Waals surface area contributed by atoms with Crippen LogP contribution in [0.25, 0.3) is 0 Å². The van der Waals surface area contributed by atoms with E-state index >= 15 is 0 Å². The Hall–Kier alpha value is -0.890. The lowest BCUT2D eigenvalue weighted by atomic mass is 9.47. The summed E-state index contributed by atoms with van der Waals surface area (Å²) in [4.78, 5) is 24.9. The van der Waals surface area contributed by atoms with Crippen molar-refractivity contribution in [3.05, 3.63) is 22.8 Å². The highest BCUT2D eigenvalue weighted by atomic mass is 35.5. The fourth-order valence-electron chi connectivity index (χ4n) is 8.73. The molecular formula is C23H27ClO2. The van der Waals surface area contributed by atoms with Crippen LogP contribution in [0, 0.1) is 51.8 Å². The van der Waals surface area contributed by atoms with Gasteiger partial charge < -0.3 is 0 Å². The van der Waals surface area contributed by atoms with E-state index in [2.05, 4.69) is 19.9 Å². The number of hydrogen-bond donors (Lipinski definition) is 0. The molecule has 0 heterocycles. The Balaban J connectivity index is 1.47. The van der Waals surface area contributed by atoms with E-state index in [0.717, 1.165) is 29.9 Å². The maximum absolute atomic E-state index is 12.6. The molecule has 4 saturated carbocycles. The van der Waals surface area contributed by atoms with E-state index in [1.54, 1.807) is 0 Å². The molecule has 0 spiro atoms. The molecule has 6 aliphatic rings. The summed E-state index contributed by atoms with van der Waals surface area (Å²) < 4.78 is 0. The average Bonchev–Trinajstić information content (AvgIpc) is 3.46. The van der Waals surface area contributed by atoms with Crippen LogP contribution in [0.3, 0.4) is 0 Å². The van der Waals surface area contributed by atoms with Crippen LogP contribution in [0.15, 0.2) is 22.8 Å². The van der Waals surface area contributed by atoms with Crippen molar-refractivity contribution in [3.63, 3.8) is 0 Å². The van der Waals surface area contributed by atoms with Crippen molar-refractivity contribution < 1.29 is 9.59 Å². The summed E-state index contributed by atoms with van der Waals surface area (Å²) >= 11 is 6.80. The third-order valence-electron chi connectivity index (χ3n) is 10.2. The minimum Gasteiger partial charge on any atom is -0.299 e. The van der Waals surface area contributed by atoms with Crippen molar-refractivity contribution >= 4 is 23.2 Å². The van der Waals surface area contributed by atoms with Gasteiger partial charge in [-0.15, -0.1) is 0 Å². The molecule has 0 bridgehead atoms. The van der Waals surface area contributed by atoms with Crippen molar-refractivity contribution in [1.82, 2.24) is 0 Å². The van der Waals surface area contributed by atoms with E-state index in [1.807, 2.05) is 13.0 Å². The molecule has 6 rings (SSSR count). The smallest absolute Gasteiger partial charge is 0.159 e. The minimum atomic E-state index is -0.0371. The first-order valence-corrected chi connectivity index (χ1v) is 10.8. The van der Waals surface area contributed by atoms with Crippen LogP contribution in [0.2, 0.25) is 0 Å². The predicted octanol–water partition coefficient (Wildman–Crippen LogP) is 4.92. The van der Waals surface area contributed by atoms with Gasteiger partial charge in [-0.1, -0.05) is 31.5 Å². The molecule has 0 radical (unpaired) electrons. The van der Waals surface area contributed by atoms with Gasteiger partial charge in [0.2, 0.25) is 0 Å². The zero-order valence-electron chi connectivity index (χ0n) is 15.8. The Kier molecular flexibility index (Phi) is 2.72. The van der Waals surface area contributed by atoms with Crippen molar-refractivity contribution in [2.45, 2.75) is 52.9 Å². The number of fused-ring (bicyclic) bond motifs is 9. The summed E-state index contributed by atoms with van der Waals surface area (Å²) in [5.41, 5.74) is 1.29. The molecule has 0 unspecified atom stereocenters. The first-order chi connectivity index (χ1) is 12.2. The highest BCUT2D eigenvalue weighted by molar-refractivity contribution is 6.32. The number of carbonyl (C=O) groups excluding carboxylic acids is 2. The van der Waals surface area contributed by atoms with Crippen molar-refractivity contribution in [3.8, 4) is 0 Å². The fraction of sp³-hybridized carbons (Fsp3) is 0.739. The highest BCUT2D eigenvalue weighted by Gasteiger charge is 2.77. The summed E-state index contributed by atoms with van der Waals surface area (Å²) in [5, 5.41) is 0.828. The summed E-state index contributed by atoms with van der Waals surface area (Å²) in [6.45, 7) is 6.62. The predicted molar refractivity (Wildman–Crippen MR) is 100 cm³/mol. The van der Waals surface area contributed by atoms with Gasteiger partial charge >= 0.3 is 0 Å². The molecule has 0 N–H and O–H groups in total. The highest BCUT2D eigenvalue weighted by Crippen LogP contribution is 2.81. The number of rotatable bonds is 1. The van der Waals surface area contributed by atoms with E-state index in [1.165, 1.54) is 12.8 Å². The first-order valence-electron chi connectivity index (χ1n) is 10.4. The molecule has 0 aromatic rings. The number of carbonyl (C=O) groups is 2. The van der Waals surface area contributed by atoms with E-state index in [-0.39, 0.29) is 22.2 Å². The summed E-state index contributed by atoms with van der Waals surface area (Å²) in [5.74, 6) is 3.70. The van der Waals surface area contributed by atoms with Gasteiger partial charge in [0.05, 0.1) is 0 Å². The van der Waals surface area contributed by atoms with Crippen molar-refractivity contribution in [1.29, 1.82) is 0 Å². The van der Waals surface area contributed by atoms with Gasteiger partial charge in [-0.2, -0.15) is 0 Å². The number of hydrogen-bond acceptors (Lipinski definition) is 2. The van der Waals surface area contributed by atoms with Crippen LogP contribution < -0.4 is 0 Å². The van der Waals surface area contributed by atoms with E-state index in [9.17, 15) is 9.59 Å². The normalized spacial score (nSPS) is 58.4. The number of allylic oxidation sites excluding steroid dienone is 4. The third-order valence-corrected chi connectivity index (χ3v) is 10.5. The van der Waals surface area contributed by atoms with Crippen LogP contribution in [0.1, 0.15) is 52.9 Å². The second-order valence-electron chi connectivity index (χ2n) is 10.6. The molecule has 6 aliphatic carbocycles.